The molecule has 1 aromatic carbocycles. The molecule has 2 heterocycles. The van der Waals surface area contributed by atoms with Crippen LogP contribution in [0.4, 0.5) is 0 Å². The summed E-state index contributed by atoms with van der Waals surface area (Å²) in [7, 11) is 0. The largest absolute Gasteiger partial charge is 0.334 e. The Morgan fingerprint density at radius 1 is 1.08 bits per heavy atom. The van der Waals surface area contributed by atoms with Gasteiger partial charge >= 0.3 is 0 Å². The second-order valence-electron chi connectivity index (χ2n) is 7.48. The van der Waals surface area contributed by atoms with Crippen LogP contribution in [0.1, 0.15) is 61.9 Å². The molecule has 1 saturated carbocycles. The summed E-state index contributed by atoms with van der Waals surface area (Å²) in [4.78, 5) is 27.1. The Balaban J connectivity index is 1.59. The van der Waals surface area contributed by atoms with Gasteiger partial charge in [-0.2, -0.15) is 5.10 Å². The predicted octanol–water partition coefficient (Wildman–Crippen LogP) is 3.50. The average Bonchev–Trinajstić information content (AvgIpc) is 3.11. The number of likely N-dealkylation sites (tertiary alicyclic amines) is 1. The fourth-order valence-electron chi connectivity index (χ4n) is 4.57. The summed E-state index contributed by atoms with van der Waals surface area (Å²) in [6.07, 6.45) is 9.89. The molecule has 4 rings (SSSR count). The third-order valence-electron chi connectivity index (χ3n) is 5.87. The van der Waals surface area contributed by atoms with Crippen molar-refractivity contribution in [1.29, 1.82) is 0 Å². The number of aromatic nitrogens is 2. The summed E-state index contributed by atoms with van der Waals surface area (Å²) in [6, 6.07) is 7.55. The van der Waals surface area contributed by atoms with Gasteiger partial charge in [0.15, 0.2) is 5.69 Å². The molecule has 132 valence electrons. The van der Waals surface area contributed by atoms with Crippen molar-refractivity contribution in [3.8, 4) is 0 Å². The monoisotopic (exact) mass is 339 g/mol. The van der Waals surface area contributed by atoms with E-state index < -0.39 is 0 Å². The Bertz CT molecular complexity index is 823. The van der Waals surface area contributed by atoms with Gasteiger partial charge in [-0.1, -0.05) is 50.3 Å². The highest BCUT2D eigenvalue weighted by atomic mass is 16.2. The molecule has 1 amide bonds. The van der Waals surface area contributed by atoms with Crippen molar-refractivity contribution in [1.82, 2.24) is 15.1 Å². The number of rotatable bonds is 3. The van der Waals surface area contributed by atoms with Crippen LogP contribution in [0.25, 0.3) is 10.8 Å². The minimum Gasteiger partial charge on any atom is -0.334 e. The maximum Gasteiger partial charge on any atom is 0.275 e. The van der Waals surface area contributed by atoms with Gasteiger partial charge in [0.05, 0.1) is 5.39 Å². The minimum absolute atomic E-state index is 0.0363. The third-order valence-corrected chi connectivity index (χ3v) is 5.87. The number of benzene rings is 1. The first-order chi connectivity index (χ1) is 12.2. The normalized spacial score (nSPS) is 21.8. The highest BCUT2D eigenvalue weighted by molar-refractivity contribution is 6.04. The highest BCUT2D eigenvalue weighted by Gasteiger charge is 2.33. The summed E-state index contributed by atoms with van der Waals surface area (Å²) < 4.78 is 0. The second-order valence-corrected chi connectivity index (χ2v) is 7.48. The summed E-state index contributed by atoms with van der Waals surface area (Å²) in [5.74, 6) is 0.721. The Kier molecular flexibility index (Phi) is 4.55. The van der Waals surface area contributed by atoms with Crippen molar-refractivity contribution in [2.24, 2.45) is 5.92 Å². The smallest absolute Gasteiger partial charge is 0.275 e. The van der Waals surface area contributed by atoms with Gasteiger partial charge in [-0.15, -0.1) is 0 Å². The van der Waals surface area contributed by atoms with Crippen molar-refractivity contribution < 1.29 is 4.79 Å². The molecule has 5 heteroatoms. The predicted molar refractivity (Wildman–Crippen MR) is 97.6 cm³/mol. The number of H-pyrrole nitrogens is 1. The molecule has 1 N–H and O–H groups in total. The fraction of sp³-hybridized carbons (Fsp3) is 0.550. The first kappa shape index (κ1) is 16.3. The zero-order valence-electron chi connectivity index (χ0n) is 14.5. The number of fused-ring (bicyclic) bond motifs is 1. The maximum absolute atomic E-state index is 13.2. The molecule has 1 saturated heterocycles. The van der Waals surface area contributed by atoms with E-state index in [4.69, 9.17) is 0 Å². The molecular weight excluding hydrogens is 314 g/mol. The number of carbonyl (C=O) groups excluding carboxylic acids is 1. The van der Waals surface area contributed by atoms with Crippen molar-refractivity contribution in [2.75, 3.05) is 6.54 Å². The lowest BCUT2D eigenvalue weighted by molar-refractivity contribution is 0.0706. The molecule has 1 aliphatic heterocycles. The van der Waals surface area contributed by atoms with Crippen molar-refractivity contribution in [3.63, 3.8) is 0 Å². The summed E-state index contributed by atoms with van der Waals surface area (Å²) in [6.45, 7) is 0.797. The van der Waals surface area contributed by atoms with E-state index in [1.54, 1.807) is 6.07 Å². The lowest BCUT2D eigenvalue weighted by Crippen LogP contribution is -2.38. The van der Waals surface area contributed by atoms with E-state index in [1.165, 1.54) is 32.1 Å². The van der Waals surface area contributed by atoms with Gasteiger partial charge in [-0.3, -0.25) is 9.59 Å². The van der Waals surface area contributed by atoms with Gasteiger partial charge in [0.1, 0.15) is 0 Å². The van der Waals surface area contributed by atoms with Crippen LogP contribution >= 0.6 is 0 Å². The summed E-state index contributed by atoms with van der Waals surface area (Å²) in [5, 5.41) is 7.78. The van der Waals surface area contributed by atoms with Crippen LogP contribution in [0, 0.1) is 5.92 Å². The number of carbonyl (C=O) groups is 1. The average molecular weight is 339 g/mol. The molecule has 2 fully saturated rings. The molecule has 1 aromatic heterocycles. The molecule has 0 unspecified atom stereocenters. The number of hydrogen-bond acceptors (Lipinski definition) is 3. The minimum atomic E-state index is -0.243. The second kappa shape index (κ2) is 6.98. The third kappa shape index (κ3) is 3.20. The Labute approximate surface area is 147 Å². The molecule has 0 bridgehead atoms. The SMILES string of the molecule is O=C(c1n[nH]c(=O)c2ccccc12)N1CCC[C@@H]1CC1CCCCC1. The molecule has 2 aromatic rings. The van der Waals surface area contributed by atoms with Crippen LogP contribution in [0.5, 0.6) is 0 Å². The van der Waals surface area contributed by atoms with Crippen LogP contribution in [0.2, 0.25) is 0 Å². The van der Waals surface area contributed by atoms with E-state index in [-0.39, 0.29) is 11.5 Å². The van der Waals surface area contributed by atoms with Crippen LogP contribution in [-0.2, 0) is 0 Å². The van der Waals surface area contributed by atoms with Crippen LogP contribution < -0.4 is 5.56 Å². The molecule has 1 atom stereocenters. The number of aromatic amines is 1. The first-order valence-corrected chi connectivity index (χ1v) is 9.52. The van der Waals surface area contributed by atoms with Crippen molar-refractivity contribution in [2.45, 2.75) is 57.4 Å². The van der Waals surface area contributed by atoms with Gasteiger partial charge in [0.2, 0.25) is 0 Å². The standard InChI is InChI=1S/C20H25N3O2/c24-19-17-11-5-4-10-16(17)18(21-22-19)20(25)23-12-6-9-15(23)13-14-7-2-1-3-8-14/h4-5,10-11,14-15H,1-3,6-9,12-13H2,(H,22,24)/t15-/m1/s1. The van der Waals surface area contributed by atoms with E-state index in [9.17, 15) is 9.59 Å². The van der Waals surface area contributed by atoms with E-state index in [2.05, 4.69) is 10.2 Å². The fourth-order valence-corrected chi connectivity index (χ4v) is 4.57. The molecule has 1 aliphatic carbocycles. The molecule has 0 radical (unpaired) electrons. The lowest BCUT2D eigenvalue weighted by atomic mass is 9.84. The first-order valence-electron chi connectivity index (χ1n) is 9.52. The van der Waals surface area contributed by atoms with Gasteiger partial charge in [0, 0.05) is 18.0 Å². The van der Waals surface area contributed by atoms with E-state index >= 15 is 0 Å². The Morgan fingerprint density at radius 2 is 1.84 bits per heavy atom. The molecule has 2 aliphatic rings. The lowest BCUT2D eigenvalue weighted by Gasteiger charge is -2.30. The number of nitrogens with zero attached hydrogens (tertiary/aromatic N) is 2. The number of nitrogens with one attached hydrogen (secondary N) is 1. The molecule has 5 nitrogen and oxygen atoms in total. The van der Waals surface area contributed by atoms with Crippen LogP contribution in [0.15, 0.2) is 29.1 Å². The number of amides is 1. The Hall–Kier alpha value is -2.17. The van der Waals surface area contributed by atoms with Gasteiger partial charge in [0.25, 0.3) is 11.5 Å². The zero-order valence-corrected chi connectivity index (χ0v) is 14.5. The maximum atomic E-state index is 13.2. The van der Waals surface area contributed by atoms with E-state index in [0.717, 1.165) is 31.7 Å². The van der Waals surface area contributed by atoms with Gasteiger partial charge in [-0.05, 0) is 31.2 Å². The van der Waals surface area contributed by atoms with E-state index in [1.807, 2.05) is 23.1 Å². The van der Waals surface area contributed by atoms with Crippen LogP contribution in [0.3, 0.4) is 0 Å². The van der Waals surface area contributed by atoms with Gasteiger partial charge < -0.3 is 4.90 Å². The topological polar surface area (TPSA) is 66.1 Å². The van der Waals surface area contributed by atoms with Crippen LogP contribution in [-0.4, -0.2) is 33.6 Å². The van der Waals surface area contributed by atoms with Gasteiger partial charge in [-0.25, -0.2) is 5.10 Å². The number of hydrogen-bond donors (Lipinski definition) is 1. The van der Waals surface area contributed by atoms with Crippen molar-refractivity contribution in [3.05, 3.63) is 40.3 Å². The molecule has 25 heavy (non-hydrogen) atoms. The molecular formula is C20H25N3O2. The summed E-state index contributed by atoms with van der Waals surface area (Å²) >= 11 is 0. The highest BCUT2D eigenvalue weighted by Crippen LogP contribution is 2.32. The Morgan fingerprint density at radius 3 is 2.64 bits per heavy atom. The van der Waals surface area contributed by atoms with E-state index in [0.29, 0.717) is 22.5 Å². The zero-order chi connectivity index (χ0) is 17.2. The summed E-state index contributed by atoms with van der Waals surface area (Å²) in [5.41, 5.74) is 0.137. The molecule has 0 spiro atoms. The quantitative estimate of drug-likeness (QED) is 0.931. The van der Waals surface area contributed by atoms with Crippen molar-refractivity contribution >= 4 is 16.7 Å².